The number of hydrogen-bond acceptors (Lipinski definition) is 8. The number of carboxylic acids is 1. The van der Waals surface area contributed by atoms with Crippen molar-refractivity contribution in [1.82, 2.24) is 25.8 Å². The minimum absolute atomic E-state index is 0.00844. The number of halogens is 1. The van der Waals surface area contributed by atoms with E-state index in [9.17, 15) is 33.5 Å². The average Bonchev–Trinajstić information content (AvgIpc) is 3.60. The highest BCUT2D eigenvalue weighted by Crippen LogP contribution is 2.30. The van der Waals surface area contributed by atoms with Gasteiger partial charge < -0.3 is 40.3 Å². The summed E-state index contributed by atoms with van der Waals surface area (Å²) < 4.78 is 26.1. The molecule has 4 unspecified atom stereocenters. The Kier molecular flexibility index (Phi) is 18.3. The predicted molar refractivity (Wildman–Crippen MR) is 200 cm³/mol. The van der Waals surface area contributed by atoms with Gasteiger partial charge in [0.1, 0.15) is 17.9 Å². The van der Waals surface area contributed by atoms with Gasteiger partial charge in [-0.1, -0.05) is 73.1 Å². The molecule has 14 heteroatoms. The largest absolute Gasteiger partial charge is 0.480 e. The first-order valence-corrected chi connectivity index (χ1v) is 18.8. The number of carbonyl (C=O) groups excluding carboxylic acids is 4. The Labute approximate surface area is 315 Å². The van der Waals surface area contributed by atoms with Gasteiger partial charge in [0.25, 0.3) is 0 Å². The van der Waals surface area contributed by atoms with E-state index < -0.39 is 66.0 Å². The third-order valence-electron chi connectivity index (χ3n) is 10.7. The van der Waals surface area contributed by atoms with E-state index in [1.807, 2.05) is 41.5 Å². The lowest BCUT2D eigenvalue weighted by atomic mass is 9.89. The van der Waals surface area contributed by atoms with Crippen LogP contribution >= 0.6 is 0 Å². The molecule has 0 radical (unpaired) electrons. The van der Waals surface area contributed by atoms with Gasteiger partial charge >= 0.3 is 5.97 Å². The highest BCUT2D eigenvalue weighted by atomic mass is 19.1. The Morgan fingerprint density at radius 1 is 0.962 bits per heavy atom. The fourth-order valence-electron chi connectivity index (χ4n) is 7.44. The molecule has 13 nitrogen and oxygen atoms in total. The zero-order valence-electron chi connectivity index (χ0n) is 33.5. The van der Waals surface area contributed by atoms with Crippen LogP contribution in [0.25, 0.3) is 0 Å². The van der Waals surface area contributed by atoms with Crippen LogP contribution in [0.15, 0.2) is 24.3 Å². The van der Waals surface area contributed by atoms with Crippen LogP contribution in [0.5, 0.6) is 0 Å². The summed E-state index contributed by atoms with van der Waals surface area (Å²) in [4.78, 5) is 70.2. The summed E-state index contributed by atoms with van der Waals surface area (Å²) in [5.74, 6) is -4.34. The van der Waals surface area contributed by atoms with Crippen LogP contribution < -0.4 is 16.0 Å². The van der Waals surface area contributed by atoms with Crippen LogP contribution in [0.4, 0.5) is 4.39 Å². The van der Waals surface area contributed by atoms with Gasteiger partial charge in [-0.05, 0) is 49.3 Å². The molecule has 1 aromatic rings. The van der Waals surface area contributed by atoms with E-state index in [0.29, 0.717) is 25.8 Å². The van der Waals surface area contributed by atoms with Crippen molar-refractivity contribution in [2.45, 2.75) is 123 Å². The Morgan fingerprint density at radius 2 is 1.58 bits per heavy atom. The number of aliphatic carboxylic acids is 1. The predicted octanol–water partition coefficient (Wildman–Crippen LogP) is 3.24. The van der Waals surface area contributed by atoms with E-state index in [1.54, 1.807) is 36.9 Å². The third kappa shape index (κ3) is 11.9. The summed E-state index contributed by atoms with van der Waals surface area (Å²) in [5.41, 5.74) is 0.164. The number of likely N-dealkylation sites (tertiary alicyclic amines) is 1. The van der Waals surface area contributed by atoms with Crippen LogP contribution in [-0.4, -0.2) is 122 Å². The summed E-state index contributed by atoms with van der Waals surface area (Å²) in [7, 11) is 6.36. The Bertz CT molecular complexity index is 1380. The molecule has 1 fully saturated rings. The SMILES string of the molecule is CC[C@H](C)[C@H]([C@@H](CC(=O)N1CCCC1[C@H](OC)[C@@H](C)C(=O)NC(Cc1ccccc1F)C(=O)O)OC)N(C)C(=O)C(NC(=O)C(NC)C(C)C)C(C)C. The zero-order chi connectivity index (χ0) is 40.2. The maximum atomic E-state index is 14.3. The van der Waals surface area contributed by atoms with E-state index in [-0.39, 0.29) is 53.9 Å². The van der Waals surface area contributed by atoms with Gasteiger partial charge in [0.2, 0.25) is 23.6 Å². The maximum absolute atomic E-state index is 14.3. The quantitative estimate of drug-likeness (QED) is 0.148. The first kappa shape index (κ1) is 45.5. The highest BCUT2D eigenvalue weighted by Gasteiger charge is 2.43. The highest BCUT2D eigenvalue weighted by molar-refractivity contribution is 5.90. The molecule has 0 aromatic heterocycles. The van der Waals surface area contributed by atoms with Crippen LogP contribution in [-0.2, 0) is 39.9 Å². The molecule has 2 rings (SSSR count). The number of likely N-dealkylation sites (N-methyl/N-ethyl adjacent to an activating group) is 2. The number of carbonyl (C=O) groups is 5. The van der Waals surface area contributed by atoms with E-state index in [4.69, 9.17) is 9.47 Å². The fraction of sp³-hybridized carbons (Fsp3) is 0.718. The third-order valence-corrected chi connectivity index (χ3v) is 10.7. The molecule has 0 aliphatic carbocycles. The number of carboxylic acid groups (broad SMARTS) is 1. The molecule has 1 heterocycles. The Hall–Kier alpha value is -3.62. The molecular formula is C39H64FN5O8. The number of methoxy groups -OCH3 is 2. The minimum Gasteiger partial charge on any atom is -0.480 e. The van der Waals surface area contributed by atoms with Crippen molar-refractivity contribution in [3.8, 4) is 0 Å². The smallest absolute Gasteiger partial charge is 0.326 e. The van der Waals surface area contributed by atoms with E-state index in [2.05, 4.69) is 16.0 Å². The standard InChI is InChI=1S/C39H64FN5O8/c1-12-24(6)34(44(9)38(49)33(23(4)5)43-37(48)32(41-8)22(2)3)30(52-10)21-31(46)45-19-15-18-29(45)35(53-11)25(7)36(47)42-28(39(50)51)20-26-16-13-14-17-27(26)40/h13-14,16-17,22-25,28-30,32-35,41H,12,15,18-21H2,1-11H3,(H,42,47)(H,43,48)(H,50,51)/t24-,25+,28?,29?,30+,32?,33?,34+,35+/m0/s1. The first-order chi connectivity index (χ1) is 24.9. The minimum atomic E-state index is -1.37. The lowest BCUT2D eigenvalue weighted by Gasteiger charge is -2.41. The van der Waals surface area contributed by atoms with E-state index in [0.717, 1.165) is 0 Å². The second kappa shape index (κ2) is 21.3. The molecule has 0 bridgehead atoms. The number of benzene rings is 1. The van der Waals surface area contributed by atoms with E-state index in [1.165, 1.54) is 32.4 Å². The average molecular weight is 750 g/mol. The topological polar surface area (TPSA) is 167 Å². The van der Waals surface area contributed by atoms with E-state index >= 15 is 0 Å². The molecule has 300 valence electrons. The maximum Gasteiger partial charge on any atom is 0.326 e. The van der Waals surface area contributed by atoms with Crippen molar-refractivity contribution in [3.63, 3.8) is 0 Å². The van der Waals surface area contributed by atoms with Crippen molar-refractivity contribution >= 4 is 29.6 Å². The van der Waals surface area contributed by atoms with Crippen molar-refractivity contribution in [2.24, 2.45) is 23.7 Å². The number of rotatable bonds is 21. The summed E-state index contributed by atoms with van der Waals surface area (Å²) in [6.45, 7) is 13.7. The summed E-state index contributed by atoms with van der Waals surface area (Å²) in [6, 6.07) is 2.18. The van der Waals surface area contributed by atoms with Crippen LogP contribution in [0.3, 0.4) is 0 Å². The Morgan fingerprint density at radius 3 is 2.09 bits per heavy atom. The van der Waals surface area contributed by atoms with Gasteiger partial charge in [0, 0.05) is 34.2 Å². The Balaban J connectivity index is 2.27. The number of ether oxygens (including phenoxy) is 2. The first-order valence-electron chi connectivity index (χ1n) is 18.8. The number of nitrogens with zero attached hydrogens (tertiary/aromatic N) is 2. The van der Waals surface area contributed by atoms with Crippen LogP contribution in [0.2, 0.25) is 0 Å². The number of nitrogens with one attached hydrogen (secondary N) is 3. The molecule has 1 saturated heterocycles. The van der Waals surface area contributed by atoms with Crippen molar-refractivity contribution in [3.05, 3.63) is 35.6 Å². The van der Waals surface area contributed by atoms with Gasteiger partial charge in [-0.15, -0.1) is 0 Å². The molecule has 0 saturated carbocycles. The molecule has 1 aliphatic heterocycles. The zero-order valence-corrected chi connectivity index (χ0v) is 33.5. The van der Waals surface area contributed by atoms with Crippen molar-refractivity contribution in [1.29, 1.82) is 0 Å². The number of hydrogen-bond donors (Lipinski definition) is 4. The molecule has 0 spiro atoms. The summed E-state index contributed by atoms with van der Waals surface area (Å²) in [5, 5.41) is 18.4. The summed E-state index contributed by atoms with van der Waals surface area (Å²) >= 11 is 0. The molecule has 4 N–H and O–H groups in total. The van der Waals surface area contributed by atoms with Crippen LogP contribution in [0.1, 0.15) is 79.7 Å². The van der Waals surface area contributed by atoms with Gasteiger partial charge in [0.05, 0.1) is 42.7 Å². The van der Waals surface area contributed by atoms with Crippen molar-refractivity contribution < 1.29 is 42.9 Å². The van der Waals surface area contributed by atoms with Gasteiger partial charge in [-0.2, -0.15) is 0 Å². The van der Waals surface area contributed by atoms with Crippen LogP contribution in [0, 0.1) is 29.5 Å². The van der Waals surface area contributed by atoms with Gasteiger partial charge in [-0.3, -0.25) is 19.2 Å². The molecular weight excluding hydrogens is 685 g/mol. The molecule has 1 aromatic carbocycles. The normalized spacial score (nSPS) is 19.1. The number of amides is 4. The monoisotopic (exact) mass is 749 g/mol. The molecule has 9 atom stereocenters. The lowest BCUT2D eigenvalue weighted by molar-refractivity contribution is -0.148. The second-order valence-electron chi connectivity index (χ2n) is 15.0. The fourth-order valence-corrected chi connectivity index (χ4v) is 7.44. The van der Waals surface area contributed by atoms with Crippen molar-refractivity contribution in [2.75, 3.05) is 34.9 Å². The second-order valence-corrected chi connectivity index (χ2v) is 15.0. The van der Waals surface area contributed by atoms with Gasteiger partial charge in [0.15, 0.2) is 0 Å². The molecule has 4 amide bonds. The summed E-state index contributed by atoms with van der Waals surface area (Å²) in [6.07, 6.45) is 0.190. The lowest BCUT2D eigenvalue weighted by Crippen LogP contribution is -2.59. The van der Waals surface area contributed by atoms with Gasteiger partial charge in [-0.25, -0.2) is 9.18 Å². The molecule has 53 heavy (non-hydrogen) atoms. The molecule has 1 aliphatic rings.